The fourth-order valence-corrected chi connectivity index (χ4v) is 4.62. The van der Waals surface area contributed by atoms with E-state index in [1.54, 1.807) is 0 Å². The van der Waals surface area contributed by atoms with Crippen LogP contribution in [0, 0.1) is 0 Å². The fourth-order valence-electron chi connectivity index (χ4n) is 3.22. The lowest BCUT2D eigenvalue weighted by Gasteiger charge is -2.05. The summed E-state index contributed by atoms with van der Waals surface area (Å²) < 4.78 is 0.883. The molecule has 0 aliphatic carbocycles. The summed E-state index contributed by atoms with van der Waals surface area (Å²) in [5.41, 5.74) is 3.65. The Balaban J connectivity index is 1.52. The SMILES string of the molecule is CCCCCCCCCSC(=O)c1ccc(-c2nc3ccccc3[nH]2)c(Br)c1. The van der Waals surface area contributed by atoms with E-state index in [0.29, 0.717) is 0 Å². The molecule has 1 aromatic heterocycles. The minimum Gasteiger partial charge on any atom is -0.338 e. The summed E-state index contributed by atoms with van der Waals surface area (Å²) in [6.45, 7) is 2.24. The normalized spacial score (nSPS) is 11.2. The molecule has 1 N–H and O–H groups in total. The molecule has 0 aliphatic heterocycles. The van der Waals surface area contributed by atoms with Gasteiger partial charge < -0.3 is 4.98 Å². The first-order valence-electron chi connectivity index (χ1n) is 10.1. The van der Waals surface area contributed by atoms with E-state index >= 15 is 0 Å². The van der Waals surface area contributed by atoms with Gasteiger partial charge in [0.2, 0.25) is 5.12 Å². The van der Waals surface area contributed by atoms with Crippen LogP contribution in [-0.4, -0.2) is 20.8 Å². The Hall–Kier alpha value is -1.59. The number of hydrogen-bond acceptors (Lipinski definition) is 3. The van der Waals surface area contributed by atoms with E-state index in [0.717, 1.165) is 44.6 Å². The maximum absolute atomic E-state index is 12.5. The first-order chi connectivity index (χ1) is 13.7. The number of aromatic nitrogens is 2. The maximum Gasteiger partial charge on any atom is 0.219 e. The van der Waals surface area contributed by atoms with Crippen molar-refractivity contribution in [3.8, 4) is 11.4 Å². The van der Waals surface area contributed by atoms with Gasteiger partial charge in [0, 0.05) is 21.4 Å². The summed E-state index contributed by atoms with van der Waals surface area (Å²) in [5, 5.41) is 0.142. The van der Waals surface area contributed by atoms with Crippen LogP contribution in [0.1, 0.15) is 62.2 Å². The number of aromatic amines is 1. The smallest absolute Gasteiger partial charge is 0.219 e. The minimum atomic E-state index is 0.142. The van der Waals surface area contributed by atoms with E-state index in [9.17, 15) is 4.79 Å². The molecule has 0 radical (unpaired) electrons. The predicted octanol–water partition coefficient (Wildman–Crippen LogP) is 7.62. The number of fused-ring (bicyclic) bond motifs is 1. The third-order valence-corrected chi connectivity index (χ3v) is 6.48. The van der Waals surface area contributed by atoms with Crippen LogP contribution in [0.25, 0.3) is 22.4 Å². The number of nitrogens with one attached hydrogen (secondary N) is 1. The molecule has 1 heterocycles. The second kappa shape index (κ2) is 10.8. The maximum atomic E-state index is 12.5. The highest BCUT2D eigenvalue weighted by Gasteiger charge is 2.12. The number of para-hydroxylation sites is 2. The van der Waals surface area contributed by atoms with E-state index in [1.165, 1.54) is 50.3 Å². The number of nitrogens with zero attached hydrogens (tertiary/aromatic N) is 1. The van der Waals surface area contributed by atoms with Crippen molar-refractivity contribution in [3.05, 3.63) is 52.5 Å². The molecule has 0 atom stereocenters. The minimum absolute atomic E-state index is 0.142. The molecule has 0 amide bonds. The van der Waals surface area contributed by atoms with Crippen LogP contribution < -0.4 is 0 Å². The van der Waals surface area contributed by atoms with E-state index < -0.39 is 0 Å². The Labute approximate surface area is 179 Å². The van der Waals surface area contributed by atoms with Crippen LogP contribution in [0.5, 0.6) is 0 Å². The zero-order chi connectivity index (χ0) is 19.8. The van der Waals surface area contributed by atoms with Gasteiger partial charge in [0.25, 0.3) is 0 Å². The van der Waals surface area contributed by atoms with E-state index in [-0.39, 0.29) is 5.12 Å². The summed E-state index contributed by atoms with van der Waals surface area (Å²) in [5.74, 6) is 1.71. The molecule has 0 unspecified atom stereocenters. The molecule has 0 spiro atoms. The molecule has 3 aromatic rings. The Bertz CT molecular complexity index is 889. The van der Waals surface area contributed by atoms with Gasteiger partial charge in [0.05, 0.1) is 11.0 Å². The van der Waals surface area contributed by atoms with Gasteiger partial charge in [-0.1, -0.05) is 85.3 Å². The summed E-state index contributed by atoms with van der Waals surface area (Å²) in [7, 11) is 0. The quantitative estimate of drug-likeness (QED) is 0.317. The number of carbonyl (C=O) groups is 1. The van der Waals surface area contributed by atoms with Crippen molar-refractivity contribution in [2.24, 2.45) is 0 Å². The van der Waals surface area contributed by atoms with E-state index in [4.69, 9.17) is 0 Å². The number of rotatable bonds is 10. The van der Waals surface area contributed by atoms with Crippen molar-refractivity contribution < 1.29 is 4.79 Å². The van der Waals surface area contributed by atoms with Crippen molar-refractivity contribution in [1.29, 1.82) is 0 Å². The number of H-pyrrole nitrogens is 1. The van der Waals surface area contributed by atoms with Gasteiger partial charge in [-0.3, -0.25) is 4.79 Å². The number of unbranched alkanes of at least 4 members (excludes halogenated alkanes) is 6. The number of halogens is 1. The molecule has 0 saturated carbocycles. The standard InChI is InChI=1S/C23H27BrN2OS/c1-2-3-4-5-6-7-10-15-28-23(27)17-13-14-18(19(24)16-17)22-25-20-11-8-9-12-21(20)26-22/h8-9,11-14,16H,2-7,10,15H2,1H3,(H,25,26). The first kappa shape index (κ1) is 21.1. The van der Waals surface area contributed by atoms with Crippen molar-refractivity contribution in [1.82, 2.24) is 9.97 Å². The number of thioether (sulfide) groups is 1. The number of imidazole rings is 1. The highest BCUT2D eigenvalue weighted by Crippen LogP contribution is 2.30. The monoisotopic (exact) mass is 458 g/mol. The van der Waals surface area contributed by atoms with Crippen molar-refractivity contribution >= 4 is 43.8 Å². The average Bonchev–Trinajstić information content (AvgIpc) is 3.13. The van der Waals surface area contributed by atoms with Crippen molar-refractivity contribution in [3.63, 3.8) is 0 Å². The summed E-state index contributed by atoms with van der Waals surface area (Å²) >= 11 is 5.04. The molecule has 3 nitrogen and oxygen atoms in total. The van der Waals surface area contributed by atoms with Gasteiger partial charge >= 0.3 is 0 Å². The van der Waals surface area contributed by atoms with Crippen LogP contribution in [0.15, 0.2) is 46.9 Å². The highest BCUT2D eigenvalue weighted by molar-refractivity contribution is 9.10. The van der Waals surface area contributed by atoms with Crippen molar-refractivity contribution in [2.75, 3.05) is 5.75 Å². The van der Waals surface area contributed by atoms with Crippen LogP contribution in [0.2, 0.25) is 0 Å². The van der Waals surface area contributed by atoms with Gasteiger partial charge in [-0.15, -0.1) is 0 Å². The second-order valence-corrected chi connectivity index (χ2v) is 8.98. The molecule has 3 rings (SSSR count). The molecule has 0 saturated heterocycles. The zero-order valence-corrected chi connectivity index (χ0v) is 18.7. The molecule has 0 bridgehead atoms. The average molecular weight is 459 g/mol. The van der Waals surface area contributed by atoms with Gasteiger partial charge in [0.15, 0.2) is 0 Å². The van der Waals surface area contributed by atoms with Gasteiger partial charge in [0.1, 0.15) is 5.82 Å². The van der Waals surface area contributed by atoms with E-state index in [2.05, 4.69) is 32.8 Å². The number of benzene rings is 2. The summed E-state index contributed by atoms with van der Waals surface area (Å²) in [4.78, 5) is 20.5. The second-order valence-electron chi connectivity index (χ2n) is 7.05. The largest absolute Gasteiger partial charge is 0.338 e. The van der Waals surface area contributed by atoms with Crippen molar-refractivity contribution in [2.45, 2.75) is 51.9 Å². The zero-order valence-electron chi connectivity index (χ0n) is 16.3. The van der Waals surface area contributed by atoms with Crippen LogP contribution in [-0.2, 0) is 0 Å². The topological polar surface area (TPSA) is 45.8 Å². The molecule has 2 aromatic carbocycles. The molecule has 28 heavy (non-hydrogen) atoms. The third-order valence-electron chi connectivity index (χ3n) is 4.83. The van der Waals surface area contributed by atoms with Crippen LogP contribution >= 0.6 is 27.7 Å². The van der Waals surface area contributed by atoms with Gasteiger partial charge in [-0.2, -0.15) is 0 Å². The van der Waals surface area contributed by atoms with Crippen LogP contribution in [0.4, 0.5) is 0 Å². The summed E-state index contributed by atoms with van der Waals surface area (Å²) in [6, 6.07) is 13.7. The van der Waals surface area contributed by atoms with Crippen LogP contribution in [0.3, 0.4) is 0 Å². The highest BCUT2D eigenvalue weighted by atomic mass is 79.9. The van der Waals surface area contributed by atoms with Gasteiger partial charge in [-0.05, 0) is 36.8 Å². The first-order valence-corrected chi connectivity index (χ1v) is 11.9. The van der Waals surface area contributed by atoms with Gasteiger partial charge in [-0.25, -0.2) is 4.98 Å². The number of hydrogen-bond donors (Lipinski definition) is 1. The molecule has 0 fully saturated rings. The fraction of sp³-hybridized carbons (Fsp3) is 0.391. The molecule has 148 valence electrons. The predicted molar refractivity (Wildman–Crippen MR) is 124 cm³/mol. The Morgan fingerprint density at radius 3 is 2.54 bits per heavy atom. The van der Waals surface area contributed by atoms with E-state index in [1.807, 2.05) is 42.5 Å². The summed E-state index contributed by atoms with van der Waals surface area (Å²) in [6.07, 6.45) is 8.91. The molecule has 0 aliphatic rings. The lowest BCUT2D eigenvalue weighted by Crippen LogP contribution is -1.96. The molecule has 5 heteroatoms. The molecular formula is C23H27BrN2OS. The lowest BCUT2D eigenvalue weighted by atomic mass is 10.1. The third kappa shape index (κ3) is 5.71. The lowest BCUT2D eigenvalue weighted by molar-refractivity contribution is 0.108. The number of carbonyl (C=O) groups excluding carboxylic acids is 1. The Morgan fingerprint density at radius 1 is 1.04 bits per heavy atom. The Kier molecular flexibility index (Phi) is 8.16. The molecular weight excluding hydrogens is 432 g/mol. The Morgan fingerprint density at radius 2 is 1.79 bits per heavy atom.